The average molecular weight is 653 g/mol. The molecule has 0 radical (unpaired) electrons. The molecule has 8 heteroatoms. The van der Waals surface area contributed by atoms with Gasteiger partial charge in [0.05, 0.1) is 44.6 Å². The molecule has 11 rings (SSSR count). The smallest absolute Gasteiger partial charge is 0.250 e. The fourth-order valence-electron chi connectivity index (χ4n) is 9.38. The Morgan fingerprint density at radius 1 is 0.480 bits per heavy atom. The molecule has 4 aromatic heterocycles. The van der Waals surface area contributed by atoms with Crippen LogP contribution in [0.3, 0.4) is 0 Å². The molecule has 0 aliphatic carbocycles. The summed E-state index contributed by atoms with van der Waals surface area (Å²) in [4.78, 5) is 0. The molecule has 0 fully saturated rings. The molecule has 0 amide bonds. The molecule has 50 heavy (non-hydrogen) atoms. The van der Waals surface area contributed by atoms with E-state index in [9.17, 15) is 0 Å². The topological polar surface area (TPSA) is 87.7 Å². The van der Waals surface area contributed by atoms with Crippen LogP contribution in [0.25, 0.3) is 77.9 Å². The Bertz CT molecular complexity index is 2760. The Balaban J connectivity index is 1.50. The van der Waals surface area contributed by atoms with Crippen LogP contribution in [0, 0.1) is 13.8 Å². The van der Waals surface area contributed by atoms with Gasteiger partial charge < -0.3 is 18.0 Å². The van der Waals surface area contributed by atoms with Crippen LogP contribution >= 0.6 is 0 Å². The van der Waals surface area contributed by atoms with Crippen molar-refractivity contribution >= 4 is 43.6 Å². The van der Waals surface area contributed by atoms with E-state index >= 15 is 0 Å². The minimum atomic E-state index is -0.515. The normalized spacial score (nSPS) is 15.3. The van der Waals surface area contributed by atoms with Crippen LogP contribution in [0.1, 0.15) is 61.7 Å². The van der Waals surface area contributed by atoms with Gasteiger partial charge >= 0.3 is 0 Å². The van der Waals surface area contributed by atoms with E-state index in [2.05, 4.69) is 132 Å². The average Bonchev–Trinajstić information content (AvgIpc) is 3.89. The van der Waals surface area contributed by atoms with Crippen LogP contribution in [0.15, 0.2) is 93.8 Å². The lowest BCUT2D eigenvalue weighted by Gasteiger charge is -2.43. The van der Waals surface area contributed by atoms with Gasteiger partial charge in [-0.1, -0.05) is 100 Å². The molecule has 0 N–H and O–H groups in total. The van der Waals surface area contributed by atoms with Crippen molar-refractivity contribution in [3.63, 3.8) is 0 Å². The molecule has 2 aliphatic heterocycles. The minimum Gasteiger partial charge on any atom is -0.421 e. The maximum atomic E-state index is 6.52. The maximum absolute atomic E-state index is 6.52. The summed E-state index contributed by atoms with van der Waals surface area (Å²) < 4.78 is 17.9. The van der Waals surface area contributed by atoms with E-state index in [1.54, 1.807) is 0 Å². The van der Waals surface area contributed by atoms with Crippen LogP contribution in [0.5, 0.6) is 0 Å². The molecule has 0 unspecified atom stereocenters. The summed E-state index contributed by atoms with van der Waals surface area (Å²) in [5.41, 5.74) is 12.0. The summed E-state index contributed by atoms with van der Waals surface area (Å²) in [6, 6.07) is 30.7. The van der Waals surface area contributed by atoms with Crippen LogP contribution in [-0.4, -0.2) is 29.5 Å². The Hall–Kier alpha value is -6.02. The molecule has 2 aliphatic rings. The number of hydrogen-bond acceptors (Lipinski definition) is 6. The molecule has 6 heterocycles. The first-order valence-electron chi connectivity index (χ1n) is 17.1. The second kappa shape index (κ2) is 8.95. The van der Waals surface area contributed by atoms with Crippen molar-refractivity contribution < 1.29 is 8.83 Å². The zero-order valence-electron chi connectivity index (χ0n) is 28.6. The number of hydrogen-bond donors (Lipinski definition) is 0. The van der Waals surface area contributed by atoms with Gasteiger partial charge in [-0.15, -0.1) is 20.4 Å². The lowest BCUT2D eigenvalue weighted by Crippen LogP contribution is -2.33. The summed E-state index contributed by atoms with van der Waals surface area (Å²) in [7, 11) is 0. The monoisotopic (exact) mass is 652 g/mol. The van der Waals surface area contributed by atoms with Gasteiger partial charge in [0.1, 0.15) is 0 Å². The summed E-state index contributed by atoms with van der Waals surface area (Å²) in [6.07, 6.45) is 0. The lowest BCUT2D eigenvalue weighted by molar-refractivity contribution is 0.523. The SMILES string of the molecule is Cc1nnc(-c2c3c(c(-c4nnc(C)o4)c4c2C(C)(C)c2cccc5c6ccccc6n-4c25)C(C)(C)c2cccc4c5ccccc5n-3c24)o1. The number of aryl methyl sites for hydroxylation is 2. The van der Waals surface area contributed by atoms with Crippen molar-refractivity contribution in [3.8, 4) is 34.3 Å². The van der Waals surface area contributed by atoms with E-state index in [0.717, 1.165) is 44.7 Å². The second-order valence-electron chi connectivity index (χ2n) is 14.8. The molecule has 242 valence electrons. The third-order valence-corrected chi connectivity index (χ3v) is 11.4. The highest BCUT2D eigenvalue weighted by molar-refractivity contribution is 6.15. The van der Waals surface area contributed by atoms with Gasteiger partial charge in [0, 0.05) is 57.3 Å². The highest BCUT2D eigenvalue weighted by atomic mass is 16.4. The quantitative estimate of drug-likeness (QED) is 0.185. The fourth-order valence-corrected chi connectivity index (χ4v) is 9.38. The Kier molecular flexibility index (Phi) is 4.99. The zero-order chi connectivity index (χ0) is 33.8. The van der Waals surface area contributed by atoms with Crippen molar-refractivity contribution in [1.82, 2.24) is 29.5 Å². The molecule has 5 aromatic carbocycles. The molecular weight excluding hydrogens is 621 g/mol. The highest BCUT2D eigenvalue weighted by Gasteiger charge is 2.48. The van der Waals surface area contributed by atoms with E-state index < -0.39 is 10.8 Å². The van der Waals surface area contributed by atoms with Crippen LogP contribution < -0.4 is 0 Å². The molecule has 0 saturated heterocycles. The van der Waals surface area contributed by atoms with Crippen LogP contribution in [0.4, 0.5) is 0 Å². The fraction of sp³-hybridized carbons (Fsp3) is 0.190. The van der Waals surface area contributed by atoms with Crippen LogP contribution in [0.2, 0.25) is 0 Å². The third kappa shape index (κ3) is 3.13. The van der Waals surface area contributed by atoms with E-state index in [-0.39, 0.29) is 0 Å². The van der Waals surface area contributed by atoms with Crippen molar-refractivity contribution in [1.29, 1.82) is 0 Å². The predicted molar refractivity (Wildman–Crippen MR) is 195 cm³/mol. The predicted octanol–water partition coefficient (Wildman–Crippen LogP) is 9.88. The van der Waals surface area contributed by atoms with Crippen molar-refractivity contribution in [2.75, 3.05) is 0 Å². The molecule has 8 nitrogen and oxygen atoms in total. The number of rotatable bonds is 2. The van der Waals surface area contributed by atoms with Crippen molar-refractivity contribution in [2.24, 2.45) is 0 Å². The first-order chi connectivity index (χ1) is 24.2. The van der Waals surface area contributed by atoms with Gasteiger partial charge in [-0.3, -0.25) is 0 Å². The molecule has 0 spiro atoms. The molecule has 0 saturated carbocycles. The number of para-hydroxylation sites is 4. The highest BCUT2D eigenvalue weighted by Crippen LogP contribution is 2.60. The van der Waals surface area contributed by atoms with Gasteiger partial charge in [0.2, 0.25) is 23.6 Å². The summed E-state index contributed by atoms with van der Waals surface area (Å²) in [5.74, 6) is 2.01. The number of nitrogens with zero attached hydrogens (tertiary/aromatic N) is 6. The first kappa shape index (κ1) is 27.9. The van der Waals surface area contributed by atoms with E-state index in [0.29, 0.717) is 23.6 Å². The standard InChI is InChI=1S/C42H32N6O2/c1-21-43-45-39(49-21)31-33-38(48-30-20-10-8-14-24(30)26-16-11-17-27(36(26)48)41(33,3)4)32(40-46-44-22(2)50-40)34-37(31)47-29-19-9-7-13-23(29)25-15-12-18-28(35(25)47)42(34,5)6/h7-20H,1-6H3. The van der Waals surface area contributed by atoms with Gasteiger partial charge in [-0.25, -0.2) is 0 Å². The van der Waals surface area contributed by atoms with Gasteiger partial charge in [-0.2, -0.15) is 0 Å². The summed E-state index contributed by atoms with van der Waals surface area (Å²) >= 11 is 0. The summed E-state index contributed by atoms with van der Waals surface area (Å²) in [5, 5.41) is 23.2. The number of fused-ring (bicyclic) bond motifs is 10. The van der Waals surface area contributed by atoms with Crippen LogP contribution in [-0.2, 0) is 10.8 Å². The number of benzene rings is 5. The molecule has 9 aromatic rings. The largest absolute Gasteiger partial charge is 0.421 e. The van der Waals surface area contributed by atoms with E-state index in [1.807, 2.05) is 13.8 Å². The Labute approximate surface area is 287 Å². The maximum Gasteiger partial charge on any atom is 0.250 e. The van der Waals surface area contributed by atoms with E-state index in [4.69, 9.17) is 19.0 Å². The van der Waals surface area contributed by atoms with Gasteiger partial charge in [-0.05, 0) is 23.3 Å². The second-order valence-corrected chi connectivity index (χ2v) is 14.8. The zero-order valence-corrected chi connectivity index (χ0v) is 28.6. The minimum absolute atomic E-state index is 0.490. The molecule has 0 bridgehead atoms. The Morgan fingerprint density at radius 2 is 0.880 bits per heavy atom. The summed E-state index contributed by atoms with van der Waals surface area (Å²) in [6.45, 7) is 13.0. The third-order valence-electron chi connectivity index (χ3n) is 11.4. The van der Waals surface area contributed by atoms with Crippen molar-refractivity contribution in [2.45, 2.75) is 52.4 Å². The molecular formula is C42H32N6O2. The van der Waals surface area contributed by atoms with Crippen molar-refractivity contribution in [3.05, 3.63) is 119 Å². The Morgan fingerprint density at radius 3 is 1.28 bits per heavy atom. The lowest BCUT2D eigenvalue weighted by atomic mass is 9.66. The molecule has 0 atom stereocenters. The first-order valence-corrected chi connectivity index (χ1v) is 17.1. The van der Waals surface area contributed by atoms with Gasteiger partial charge in [0.15, 0.2) is 0 Å². The number of aromatic nitrogens is 6. The van der Waals surface area contributed by atoms with Gasteiger partial charge in [0.25, 0.3) is 0 Å². The van der Waals surface area contributed by atoms with E-state index in [1.165, 1.54) is 43.7 Å².